The summed E-state index contributed by atoms with van der Waals surface area (Å²) in [4.78, 5) is 0. The second-order valence-electron chi connectivity index (χ2n) is 3.40. The van der Waals surface area contributed by atoms with Crippen molar-refractivity contribution < 1.29 is 13.2 Å². The van der Waals surface area contributed by atoms with Gasteiger partial charge in [-0.3, -0.25) is 0 Å². The van der Waals surface area contributed by atoms with Gasteiger partial charge in [0.15, 0.2) is 9.84 Å². The Morgan fingerprint density at radius 1 is 1.53 bits per heavy atom. The Balaban J connectivity index is 0.00000196. The van der Waals surface area contributed by atoms with Gasteiger partial charge < -0.3 is 10.1 Å². The molecular weight excluding hydrogens is 238 g/mol. The summed E-state index contributed by atoms with van der Waals surface area (Å²) in [5, 5.41) is 3.15. The van der Waals surface area contributed by atoms with Crippen molar-refractivity contribution in [1.82, 2.24) is 5.32 Å². The number of rotatable bonds is 5. The monoisotopic (exact) mass is 255 g/mol. The number of halogens is 1. The van der Waals surface area contributed by atoms with Crippen LogP contribution in [0.15, 0.2) is 11.6 Å². The van der Waals surface area contributed by atoms with E-state index < -0.39 is 9.84 Å². The van der Waals surface area contributed by atoms with E-state index >= 15 is 0 Å². The van der Waals surface area contributed by atoms with Crippen LogP contribution in [0.3, 0.4) is 0 Å². The van der Waals surface area contributed by atoms with E-state index in [2.05, 4.69) is 5.32 Å². The molecule has 0 saturated carbocycles. The Labute approximate surface area is 97.4 Å². The molecular formula is C9H18ClNO3S. The second kappa shape index (κ2) is 7.22. The second-order valence-corrected chi connectivity index (χ2v) is 5.59. The van der Waals surface area contributed by atoms with E-state index in [9.17, 15) is 8.42 Å². The van der Waals surface area contributed by atoms with Crippen LogP contribution < -0.4 is 5.32 Å². The molecule has 90 valence electrons. The van der Waals surface area contributed by atoms with Gasteiger partial charge in [0.2, 0.25) is 0 Å². The third-order valence-electron chi connectivity index (χ3n) is 2.16. The zero-order valence-electron chi connectivity index (χ0n) is 8.86. The standard InChI is InChI=1S/C9H17NO3S.ClH/c1-13-6-7-14(11,12)8-9-2-4-10-5-3-9;/h2,10H,3-8H2,1H3;1H. The molecule has 1 aliphatic heterocycles. The van der Waals surface area contributed by atoms with E-state index in [1.54, 1.807) is 0 Å². The molecule has 0 aromatic rings. The van der Waals surface area contributed by atoms with Crippen LogP contribution in [0, 0.1) is 0 Å². The van der Waals surface area contributed by atoms with Gasteiger partial charge in [-0.2, -0.15) is 0 Å². The molecule has 0 spiro atoms. The smallest absolute Gasteiger partial charge is 0.156 e. The van der Waals surface area contributed by atoms with E-state index in [-0.39, 0.29) is 30.5 Å². The highest BCUT2D eigenvalue weighted by Gasteiger charge is 2.14. The molecule has 1 aliphatic rings. The minimum atomic E-state index is -2.96. The summed E-state index contributed by atoms with van der Waals surface area (Å²) in [5.41, 5.74) is 1.03. The van der Waals surface area contributed by atoms with E-state index in [1.165, 1.54) is 7.11 Å². The first kappa shape index (κ1) is 14.9. The average molecular weight is 256 g/mol. The van der Waals surface area contributed by atoms with Gasteiger partial charge in [-0.1, -0.05) is 11.6 Å². The highest BCUT2D eigenvalue weighted by molar-refractivity contribution is 7.91. The Morgan fingerprint density at radius 2 is 2.27 bits per heavy atom. The molecule has 0 radical (unpaired) electrons. The van der Waals surface area contributed by atoms with Crippen LogP contribution in [0.2, 0.25) is 0 Å². The molecule has 6 heteroatoms. The van der Waals surface area contributed by atoms with Crippen molar-refractivity contribution in [3.05, 3.63) is 11.6 Å². The van der Waals surface area contributed by atoms with Crippen LogP contribution in [-0.2, 0) is 14.6 Å². The van der Waals surface area contributed by atoms with Crippen molar-refractivity contribution in [2.24, 2.45) is 0 Å². The summed E-state index contributed by atoms with van der Waals surface area (Å²) in [7, 11) is -1.45. The largest absolute Gasteiger partial charge is 0.384 e. The van der Waals surface area contributed by atoms with Crippen LogP contribution in [0.4, 0.5) is 0 Å². The minimum absolute atomic E-state index is 0. The maximum Gasteiger partial charge on any atom is 0.156 e. The first-order valence-corrected chi connectivity index (χ1v) is 6.54. The molecule has 0 atom stereocenters. The van der Waals surface area contributed by atoms with Crippen molar-refractivity contribution in [3.63, 3.8) is 0 Å². The summed E-state index contributed by atoms with van der Waals surface area (Å²) in [6.45, 7) is 1.95. The van der Waals surface area contributed by atoms with Gasteiger partial charge in [0.05, 0.1) is 18.1 Å². The predicted molar refractivity (Wildman–Crippen MR) is 63.3 cm³/mol. The lowest BCUT2D eigenvalue weighted by molar-refractivity contribution is 0.217. The Hall–Kier alpha value is -0.100. The summed E-state index contributed by atoms with van der Waals surface area (Å²) in [6.07, 6.45) is 2.81. The zero-order valence-corrected chi connectivity index (χ0v) is 10.5. The average Bonchev–Trinajstić information content (AvgIpc) is 2.16. The fourth-order valence-electron chi connectivity index (χ4n) is 1.37. The SMILES string of the molecule is COCCS(=O)(=O)CC1=CCNCC1.Cl. The van der Waals surface area contributed by atoms with Gasteiger partial charge in [-0.15, -0.1) is 12.4 Å². The molecule has 0 aliphatic carbocycles. The lowest BCUT2D eigenvalue weighted by Crippen LogP contribution is -2.24. The number of ether oxygens (including phenoxy) is 1. The predicted octanol–water partition coefficient (Wildman–Crippen LogP) is 0.389. The first-order valence-electron chi connectivity index (χ1n) is 4.72. The minimum Gasteiger partial charge on any atom is -0.384 e. The van der Waals surface area contributed by atoms with Crippen molar-refractivity contribution in [2.75, 3.05) is 38.3 Å². The molecule has 1 rings (SSSR count). The van der Waals surface area contributed by atoms with Crippen molar-refractivity contribution in [3.8, 4) is 0 Å². The molecule has 1 N–H and O–H groups in total. The van der Waals surface area contributed by atoms with E-state index in [0.29, 0.717) is 0 Å². The lowest BCUT2D eigenvalue weighted by atomic mass is 10.1. The maximum atomic E-state index is 11.5. The van der Waals surface area contributed by atoms with Crippen LogP contribution in [0.25, 0.3) is 0 Å². The van der Waals surface area contributed by atoms with Crippen LogP contribution >= 0.6 is 12.4 Å². The summed E-state index contributed by atoms with van der Waals surface area (Å²) in [5.74, 6) is 0.312. The zero-order chi connectivity index (χ0) is 10.4. The first-order chi connectivity index (χ1) is 6.64. The highest BCUT2D eigenvalue weighted by Crippen LogP contribution is 2.08. The molecule has 0 unspecified atom stereocenters. The Kier molecular flexibility index (Phi) is 7.17. The van der Waals surface area contributed by atoms with Crippen LogP contribution in [0.1, 0.15) is 6.42 Å². The summed E-state index contributed by atoms with van der Waals surface area (Å²) < 4.78 is 27.8. The molecule has 0 saturated heterocycles. The number of methoxy groups -OCH3 is 1. The maximum absolute atomic E-state index is 11.5. The number of hydrogen-bond donors (Lipinski definition) is 1. The molecule has 4 nitrogen and oxygen atoms in total. The van der Waals surface area contributed by atoms with Gasteiger partial charge in [-0.05, 0) is 13.0 Å². The lowest BCUT2D eigenvalue weighted by Gasteiger charge is -2.13. The van der Waals surface area contributed by atoms with Crippen molar-refractivity contribution in [1.29, 1.82) is 0 Å². The fraction of sp³-hybridized carbons (Fsp3) is 0.778. The van der Waals surface area contributed by atoms with E-state index in [4.69, 9.17) is 4.74 Å². The van der Waals surface area contributed by atoms with Crippen LogP contribution in [0.5, 0.6) is 0 Å². The van der Waals surface area contributed by atoms with Gasteiger partial charge in [0.1, 0.15) is 0 Å². The topological polar surface area (TPSA) is 55.4 Å². The molecule has 1 heterocycles. The highest BCUT2D eigenvalue weighted by atomic mass is 35.5. The van der Waals surface area contributed by atoms with Crippen molar-refractivity contribution >= 4 is 22.2 Å². The molecule has 15 heavy (non-hydrogen) atoms. The van der Waals surface area contributed by atoms with Gasteiger partial charge >= 0.3 is 0 Å². The summed E-state index contributed by atoms with van der Waals surface area (Å²) in [6, 6.07) is 0. The number of hydrogen-bond acceptors (Lipinski definition) is 4. The molecule has 0 bridgehead atoms. The van der Waals surface area contributed by atoms with E-state index in [0.717, 1.165) is 25.1 Å². The normalized spacial score (nSPS) is 16.7. The van der Waals surface area contributed by atoms with Gasteiger partial charge in [0.25, 0.3) is 0 Å². The van der Waals surface area contributed by atoms with Gasteiger partial charge in [-0.25, -0.2) is 8.42 Å². The van der Waals surface area contributed by atoms with E-state index in [1.807, 2.05) is 6.08 Å². The molecule has 0 fully saturated rings. The van der Waals surface area contributed by atoms with Crippen LogP contribution in [-0.4, -0.2) is 46.7 Å². The number of nitrogens with one attached hydrogen (secondary N) is 1. The molecule has 0 aromatic carbocycles. The van der Waals surface area contributed by atoms with Gasteiger partial charge in [0, 0.05) is 13.7 Å². The third kappa shape index (κ3) is 6.14. The summed E-state index contributed by atoms with van der Waals surface area (Å²) >= 11 is 0. The molecule has 0 aromatic heterocycles. The van der Waals surface area contributed by atoms with Crippen molar-refractivity contribution in [2.45, 2.75) is 6.42 Å². The third-order valence-corrected chi connectivity index (χ3v) is 3.76. The Bertz CT molecular complexity index is 300. The quantitative estimate of drug-likeness (QED) is 0.722. The molecule has 0 amide bonds. The fourth-order valence-corrected chi connectivity index (χ4v) is 2.76. The number of sulfone groups is 1. The Morgan fingerprint density at radius 3 is 2.80 bits per heavy atom.